The molecule has 2 nitrogen and oxygen atoms in total. The average Bonchev–Trinajstić information content (AvgIpc) is 2.41. The molecule has 0 amide bonds. The average molecular weight is 268 g/mol. The van der Waals surface area contributed by atoms with Crippen LogP contribution in [0.1, 0.15) is 65.2 Å². The molecule has 2 heteroatoms. The first-order valence-corrected chi connectivity index (χ1v) is 8.67. The molecule has 1 rings (SSSR count). The lowest BCUT2D eigenvalue weighted by Gasteiger charge is -2.34. The maximum atomic E-state index is 2.71. The van der Waals surface area contributed by atoms with Crippen molar-refractivity contribution >= 4 is 0 Å². The number of unbranched alkanes of at least 4 members (excludes halogenated alkanes) is 4. The van der Waals surface area contributed by atoms with Crippen LogP contribution in [0.15, 0.2) is 0 Å². The molecule has 0 aromatic carbocycles. The normalized spacial score (nSPS) is 18.3. The molecular weight excluding hydrogens is 232 g/mol. The third kappa shape index (κ3) is 7.94. The van der Waals surface area contributed by atoms with E-state index in [2.05, 4.69) is 30.7 Å². The molecule has 0 aromatic rings. The molecule has 0 saturated carbocycles. The van der Waals surface area contributed by atoms with Crippen LogP contribution in [0.2, 0.25) is 0 Å². The van der Waals surface area contributed by atoms with Crippen molar-refractivity contribution in [3.63, 3.8) is 0 Å². The number of likely N-dealkylation sites (N-methyl/N-ethyl adjacent to an activating group) is 1. The highest BCUT2D eigenvalue weighted by Crippen LogP contribution is 2.19. The molecule has 0 radical (unpaired) electrons. The summed E-state index contributed by atoms with van der Waals surface area (Å²) in [6.45, 7) is 11.1. The molecule has 0 aliphatic carbocycles. The van der Waals surface area contributed by atoms with E-state index in [0.29, 0.717) is 0 Å². The fourth-order valence-corrected chi connectivity index (χ4v) is 3.09. The molecule has 1 aliphatic heterocycles. The molecule has 0 unspecified atom stereocenters. The highest BCUT2D eigenvalue weighted by Gasteiger charge is 2.17. The zero-order valence-electron chi connectivity index (χ0n) is 13.7. The fourth-order valence-electron chi connectivity index (χ4n) is 3.09. The van der Waals surface area contributed by atoms with Gasteiger partial charge >= 0.3 is 0 Å². The van der Waals surface area contributed by atoms with Gasteiger partial charge in [-0.05, 0) is 25.8 Å². The van der Waals surface area contributed by atoms with Crippen LogP contribution in [0.5, 0.6) is 0 Å². The van der Waals surface area contributed by atoms with Crippen molar-refractivity contribution in [3.8, 4) is 0 Å². The fraction of sp³-hybridized carbons (Fsp3) is 1.00. The van der Waals surface area contributed by atoms with Gasteiger partial charge in [0, 0.05) is 32.7 Å². The molecule has 0 bridgehead atoms. The van der Waals surface area contributed by atoms with Crippen LogP contribution in [-0.2, 0) is 0 Å². The molecule has 0 aromatic heterocycles. The van der Waals surface area contributed by atoms with Crippen LogP contribution in [0, 0.1) is 5.92 Å². The maximum Gasteiger partial charge on any atom is 0.0110 e. The number of piperazine rings is 1. The highest BCUT2D eigenvalue weighted by atomic mass is 15.2. The van der Waals surface area contributed by atoms with Gasteiger partial charge in [-0.25, -0.2) is 0 Å². The minimum atomic E-state index is 0.960. The van der Waals surface area contributed by atoms with E-state index in [0.717, 1.165) is 5.92 Å². The van der Waals surface area contributed by atoms with Crippen LogP contribution >= 0.6 is 0 Å². The monoisotopic (exact) mass is 268 g/mol. The lowest BCUT2D eigenvalue weighted by molar-refractivity contribution is 0.130. The Morgan fingerprint density at radius 2 is 1.32 bits per heavy atom. The van der Waals surface area contributed by atoms with Gasteiger partial charge in [-0.3, -0.25) is 0 Å². The van der Waals surface area contributed by atoms with E-state index >= 15 is 0 Å². The third-order valence-electron chi connectivity index (χ3n) is 4.54. The first kappa shape index (κ1) is 17.0. The van der Waals surface area contributed by atoms with Gasteiger partial charge in [0.15, 0.2) is 0 Å². The predicted molar refractivity (Wildman–Crippen MR) is 85.7 cm³/mol. The molecule has 1 fully saturated rings. The Kier molecular flexibility index (Phi) is 9.54. The van der Waals surface area contributed by atoms with E-state index in [1.807, 2.05) is 0 Å². The molecule has 19 heavy (non-hydrogen) atoms. The van der Waals surface area contributed by atoms with Gasteiger partial charge in [0.05, 0.1) is 0 Å². The standard InChI is InChI=1S/C17H36N2/c1-4-6-8-10-17(11-9-7-5-2)16-19-14-12-18(3)13-15-19/h17H,4-16H2,1-3H3. The van der Waals surface area contributed by atoms with Crippen LogP contribution in [-0.4, -0.2) is 49.6 Å². The van der Waals surface area contributed by atoms with E-state index in [1.165, 1.54) is 84.1 Å². The minimum Gasteiger partial charge on any atom is -0.304 e. The second-order valence-corrected chi connectivity index (χ2v) is 6.46. The Morgan fingerprint density at radius 1 is 0.789 bits per heavy atom. The summed E-state index contributed by atoms with van der Waals surface area (Å²) >= 11 is 0. The Labute approximate surface area is 121 Å². The molecule has 0 atom stereocenters. The Hall–Kier alpha value is -0.0800. The van der Waals surface area contributed by atoms with Crippen molar-refractivity contribution in [2.24, 2.45) is 5.92 Å². The van der Waals surface area contributed by atoms with E-state index in [4.69, 9.17) is 0 Å². The smallest absolute Gasteiger partial charge is 0.0110 e. The number of hydrogen-bond donors (Lipinski definition) is 0. The predicted octanol–water partition coefficient (Wildman–Crippen LogP) is 4.01. The van der Waals surface area contributed by atoms with E-state index < -0.39 is 0 Å². The van der Waals surface area contributed by atoms with Crippen molar-refractivity contribution < 1.29 is 0 Å². The second kappa shape index (κ2) is 10.7. The topological polar surface area (TPSA) is 6.48 Å². The van der Waals surface area contributed by atoms with E-state index in [1.54, 1.807) is 0 Å². The van der Waals surface area contributed by atoms with E-state index in [9.17, 15) is 0 Å². The maximum absolute atomic E-state index is 2.71. The lowest BCUT2D eigenvalue weighted by Crippen LogP contribution is -2.46. The lowest BCUT2D eigenvalue weighted by atomic mass is 9.94. The van der Waals surface area contributed by atoms with Crippen molar-refractivity contribution in [3.05, 3.63) is 0 Å². The summed E-state index contributed by atoms with van der Waals surface area (Å²) in [6.07, 6.45) is 11.4. The van der Waals surface area contributed by atoms with Gasteiger partial charge in [-0.15, -0.1) is 0 Å². The van der Waals surface area contributed by atoms with Gasteiger partial charge in [-0.2, -0.15) is 0 Å². The van der Waals surface area contributed by atoms with Crippen molar-refractivity contribution in [2.75, 3.05) is 39.8 Å². The summed E-state index contributed by atoms with van der Waals surface area (Å²) in [5, 5.41) is 0. The summed E-state index contributed by atoms with van der Waals surface area (Å²) in [5.74, 6) is 0.960. The van der Waals surface area contributed by atoms with Crippen LogP contribution in [0.25, 0.3) is 0 Å². The summed E-state index contributed by atoms with van der Waals surface area (Å²) in [6, 6.07) is 0. The number of nitrogens with zero attached hydrogens (tertiary/aromatic N) is 2. The van der Waals surface area contributed by atoms with Gasteiger partial charge in [0.25, 0.3) is 0 Å². The number of rotatable bonds is 10. The Morgan fingerprint density at radius 3 is 1.79 bits per heavy atom. The first-order valence-electron chi connectivity index (χ1n) is 8.67. The first-order chi connectivity index (χ1) is 9.26. The third-order valence-corrected chi connectivity index (χ3v) is 4.54. The quantitative estimate of drug-likeness (QED) is 0.552. The van der Waals surface area contributed by atoms with Crippen molar-refractivity contribution in [1.82, 2.24) is 9.80 Å². The van der Waals surface area contributed by atoms with Crippen LogP contribution in [0.4, 0.5) is 0 Å². The van der Waals surface area contributed by atoms with Gasteiger partial charge in [-0.1, -0.05) is 52.4 Å². The highest BCUT2D eigenvalue weighted by molar-refractivity contribution is 4.73. The van der Waals surface area contributed by atoms with Gasteiger partial charge in [0.1, 0.15) is 0 Å². The largest absolute Gasteiger partial charge is 0.304 e. The minimum absolute atomic E-state index is 0.960. The summed E-state index contributed by atoms with van der Waals surface area (Å²) in [4.78, 5) is 5.17. The van der Waals surface area contributed by atoms with Crippen LogP contribution < -0.4 is 0 Å². The molecule has 0 spiro atoms. The molecule has 1 heterocycles. The van der Waals surface area contributed by atoms with Crippen molar-refractivity contribution in [1.29, 1.82) is 0 Å². The summed E-state index contributed by atoms with van der Waals surface area (Å²) < 4.78 is 0. The summed E-state index contributed by atoms with van der Waals surface area (Å²) in [7, 11) is 2.25. The second-order valence-electron chi connectivity index (χ2n) is 6.46. The van der Waals surface area contributed by atoms with Gasteiger partial charge in [0.2, 0.25) is 0 Å². The van der Waals surface area contributed by atoms with E-state index in [-0.39, 0.29) is 0 Å². The molecule has 1 aliphatic rings. The SMILES string of the molecule is CCCCCC(CCCCC)CN1CCN(C)CC1. The van der Waals surface area contributed by atoms with Gasteiger partial charge < -0.3 is 9.80 Å². The summed E-state index contributed by atoms with van der Waals surface area (Å²) in [5.41, 5.74) is 0. The molecule has 114 valence electrons. The molecule has 1 saturated heterocycles. The Bertz CT molecular complexity index is 187. The Balaban J connectivity index is 2.25. The van der Waals surface area contributed by atoms with Crippen LogP contribution in [0.3, 0.4) is 0 Å². The number of hydrogen-bond acceptors (Lipinski definition) is 2. The molecule has 0 N–H and O–H groups in total. The zero-order valence-corrected chi connectivity index (χ0v) is 13.7. The molecular formula is C17H36N2. The van der Waals surface area contributed by atoms with Crippen molar-refractivity contribution in [2.45, 2.75) is 65.2 Å². The zero-order chi connectivity index (χ0) is 13.9.